The number of thiazole rings is 1. The number of rotatable bonds is 7. The molecule has 4 aromatic heterocycles. The number of aliphatic hydroxyl groups is 2. The maximum Gasteiger partial charge on any atom is 0.147 e. The van der Waals surface area contributed by atoms with E-state index in [2.05, 4.69) is 25.3 Å². The number of aliphatic hydroxyl groups excluding tert-OH is 2. The van der Waals surface area contributed by atoms with Gasteiger partial charge in [0.1, 0.15) is 51.3 Å². The van der Waals surface area contributed by atoms with E-state index in [0.717, 1.165) is 0 Å². The van der Waals surface area contributed by atoms with Crippen LogP contribution >= 0.6 is 46.3 Å². The zero-order valence-corrected chi connectivity index (χ0v) is 21.8. The third-order valence-corrected chi connectivity index (χ3v) is 8.15. The van der Waals surface area contributed by atoms with Gasteiger partial charge in [-0.3, -0.25) is 9.97 Å². The van der Waals surface area contributed by atoms with E-state index >= 15 is 0 Å². The summed E-state index contributed by atoms with van der Waals surface area (Å²) >= 11 is 14.9. The molecule has 5 atom stereocenters. The summed E-state index contributed by atoms with van der Waals surface area (Å²) in [6.07, 6.45) is 2.19. The molecule has 188 valence electrons. The van der Waals surface area contributed by atoms with Gasteiger partial charge in [-0.05, 0) is 18.2 Å². The van der Waals surface area contributed by atoms with Crippen LogP contribution in [-0.2, 0) is 9.47 Å². The van der Waals surface area contributed by atoms with Gasteiger partial charge in [-0.2, -0.15) is 0 Å². The molecule has 0 radical (unpaired) electrons. The van der Waals surface area contributed by atoms with Crippen molar-refractivity contribution in [1.29, 1.82) is 0 Å². The molecular formula is C22H20Cl2N6O4S2. The van der Waals surface area contributed by atoms with Gasteiger partial charge >= 0.3 is 0 Å². The third kappa shape index (κ3) is 5.13. The van der Waals surface area contributed by atoms with Gasteiger partial charge in [-0.15, -0.1) is 16.4 Å². The summed E-state index contributed by atoms with van der Waals surface area (Å²) in [6.45, 7) is -0.407. The topological polar surface area (TPSA) is 128 Å². The minimum Gasteiger partial charge on any atom is -0.394 e. The second-order valence-electron chi connectivity index (χ2n) is 7.80. The van der Waals surface area contributed by atoms with Crippen molar-refractivity contribution >= 4 is 46.3 Å². The number of methoxy groups -OCH3 is 1. The van der Waals surface area contributed by atoms with E-state index in [4.69, 9.17) is 32.7 Å². The number of nitrogens with zero attached hydrogens (tertiary/aromatic N) is 6. The molecule has 5 rings (SSSR count). The second-order valence-corrected chi connectivity index (χ2v) is 10.6. The number of aromatic nitrogens is 6. The van der Waals surface area contributed by atoms with Crippen molar-refractivity contribution in [3.63, 3.8) is 0 Å². The molecule has 1 aliphatic heterocycles. The molecule has 0 bridgehead atoms. The molecule has 3 unspecified atom stereocenters. The Hall–Kier alpha value is -2.16. The first-order valence-electron chi connectivity index (χ1n) is 10.7. The second kappa shape index (κ2) is 11.1. The van der Waals surface area contributed by atoms with Crippen molar-refractivity contribution in [3.05, 3.63) is 58.4 Å². The van der Waals surface area contributed by atoms with Crippen molar-refractivity contribution in [2.75, 3.05) is 13.7 Å². The van der Waals surface area contributed by atoms with Crippen LogP contribution in [0.5, 0.6) is 0 Å². The van der Waals surface area contributed by atoms with E-state index in [9.17, 15) is 10.2 Å². The van der Waals surface area contributed by atoms with E-state index in [1.807, 2.05) is 18.2 Å². The van der Waals surface area contributed by atoms with Crippen LogP contribution in [0.1, 0.15) is 6.04 Å². The van der Waals surface area contributed by atoms with Crippen LogP contribution in [0.25, 0.3) is 22.1 Å². The molecule has 0 spiro atoms. The highest BCUT2D eigenvalue weighted by Gasteiger charge is 2.47. The molecule has 0 saturated carbocycles. The molecule has 10 nitrogen and oxygen atoms in total. The van der Waals surface area contributed by atoms with Crippen molar-refractivity contribution in [1.82, 2.24) is 29.9 Å². The molecule has 0 aliphatic carbocycles. The van der Waals surface area contributed by atoms with Gasteiger partial charge in [0, 0.05) is 29.8 Å². The molecular weight excluding hydrogens is 547 g/mol. The van der Waals surface area contributed by atoms with Gasteiger partial charge in [0.05, 0.1) is 23.5 Å². The first kappa shape index (κ1) is 25.5. The lowest BCUT2D eigenvalue weighted by atomic mass is 9.97. The maximum absolute atomic E-state index is 11.1. The Morgan fingerprint density at radius 2 is 2.11 bits per heavy atom. The fourth-order valence-electron chi connectivity index (χ4n) is 3.93. The first-order valence-corrected chi connectivity index (χ1v) is 13.2. The molecule has 14 heteroatoms. The Balaban J connectivity index is 1.49. The number of ether oxygens (including phenoxy) is 2. The Morgan fingerprint density at radius 3 is 2.81 bits per heavy atom. The highest BCUT2D eigenvalue weighted by atomic mass is 35.5. The molecule has 0 aromatic carbocycles. The van der Waals surface area contributed by atoms with E-state index in [0.29, 0.717) is 37.2 Å². The fourth-order valence-corrected chi connectivity index (χ4v) is 6.37. The van der Waals surface area contributed by atoms with Crippen LogP contribution in [0.3, 0.4) is 0 Å². The van der Waals surface area contributed by atoms with Gasteiger partial charge in [-0.1, -0.05) is 46.2 Å². The maximum atomic E-state index is 11.1. The normalized spacial score (nSPS) is 24.2. The van der Waals surface area contributed by atoms with Crippen LogP contribution in [0.4, 0.5) is 0 Å². The number of hydrogen-bond acceptors (Lipinski definition) is 11. The zero-order valence-electron chi connectivity index (χ0n) is 18.7. The summed E-state index contributed by atoms with van der Waals surface area (Å²) in [5.74, 6) is 0. The van der Waals surface area contributed by atoms with Crippen LogP contribution in [0, 0.1) is 0 Å². The fraction of sp³-hybridized carbons (Fsp3) is 0.318. The van der Waals surface area contributed by atoms with Gasteiger partial charge in [0.2, 0.25) is 0 Å². The minimum atomic E-state index is -1.13. The summed E-state index contributed by atoms with van der Waals surface area (Å²) in [6, 6.07) is 6.59. The van der Waals surface area contributed by atoms with Crippen LogP contribution in [-0.4, -0.2) is 77.6 Å². The molecule has 0 amide bonds. The number of halogens is 2. The van der Waals surface area contributed by atoms with Gasteiger partial charge < -0.3 is 19.7 Å². The zero-order chi connectivity index (χ0) is 25.2. The molecule has 4 aromatic rings. The van der Waals surface area contributed by atoms with Gasteiger partial charge in [0.15, 0.2) is 0 Å². The standard InChI is InChI=1S/C22H20Cl2N6O4S2/c1-33-20-18(30-8-13(28-29-30)21-27-16(24)10-35-21)19(32)14(9-31)34-22(20)36-15-6-11(23)7-26-17(15)12-4-2-3-5-25-12/h2-8,10,14,18-20,22,31-32H,9H2,1H3/t14?,18?,19-,20?,22+/m0/s1. The molecule has 1 aliphatic rings. The van der Waals surface area contributed by atoms with Crippen molar-refractivity contribution in [2.24, 2.45) is 0 Å². The van der Waals surface area contributed by atoms with Crippen molar-refractivity contribution in [3.8, 4) is 22.1 Å². The minimum absolute atomic E-state index is 0.362. The predicted octanol–water partition coefficient (Wildman–Crippen LogP) is 3.59. The Morgan fingerprint density at radius 1 is 1.25 bits per heavy atom. The molecule has 2 N–H and O–H groups in total. The molecule has 36 heavy (non-hydrogen) atoms. The summed E-state index contributed by atoms with van der Waals surface area (Å²) in [5.41, 5.74) is 1.13. The van der Waals surface area contributed by atoms with E-state index < -0.39 is 36.4 Å². The van der Waals surface area contributed by atoms with E-state index in [-0.39, 0.29) is 0 Å². The number of pyridine rings is 2. The van der Waals surface area contributed by atoms with Gasteiger partial charge in [-0.25, -0.2) is 9.67 Å². The van der Waals surface area contributed by atoms with Crippen LogP contribution < -0.4 is 0 Å². The highest BCUT2D eigenvalue weighted by molar-refractivity contribution is 8.00. The van der Waals surface area contributed by atoms with E-state index in [1.165, 1.54) is 34.9 Å². The average Bonchev–Trinajstić information content (AvgIpc) is 3.54. The smallest absolute Gasteiger partial charge is 0.147 e. The number of hydrogen-bond donors (Lipinski definition) is 2. The quantitative estimate of drug-likeness (QED) is 0.342. The Bertz CT molecular complexity index is 1330. The Labute approximate surface area is 224 Å². The average molecular weight is 567 g/mol. The summed E-state index contributed by atoms with van der Waals surface area (Å²) in [7, 11) is 1.52. The van der Waals surface area contributed by atoms with Crippen LogP contribution in [0.15, 0.2) is 53.1 Å². The molecule has 1 fully saturated rings. The van der Waals surface area contributed by atoms with Crippen molar-refractivity contribution in [2.45, 2.75) is 34.7 Å². The largest absolute Gasteiger partial charge is 0.394 e. The predicted molar refractivity (Wildman–Crippen MR) is 136 cm³/mol. The highest BCUT2D eigenvalue weighted by Crippen LogP contribution is 2.42. The van der Waals surface area contributed by atoms with E-state index in [1.54, 1.807) is 30.0 Å². The van der Waals surface area contributed by atoms with Crippen molar-refractivity contribution < 1.29 is 19.7 Å². The third-order valence-electron chi connectivity index (χ3n) is 5.58. The van der Waals surface area contributed by atoms with Crippen LogP contribution in [0.2, 0.25) is 10.2 Å². The molecule has 5 heterocycles. The summed E-state index contributed by atoms with van der Waals surface area (Å²) in [4.78, 5) is 13.8. The summed E-state index contributed by atoms with van der Waals surface area (Å²) < 4.78 is 13.4. The first-order chi connectivity index (χ1) is 17.5. The van der Waals surface area contributed by atoms with Gasteiger partial charge in [0.25, 0.3) is 0 Å². The summed E-state index contributed by atoms with van der Waals surface area (Å²) in [5, 5.41) is 32.6. The lowest BCUT2D eigenvalue weighted by molar-refractivity contribution is -0.186. The monoisotopic (exact) mass is 566 g/mol. The Kier molecular flexibility index (Phi) is 7.84. The lowest BCUT2D eigenvalue weighted by Gasteiger charge is -2.43. The molecule has 1 saturated heterocycles. The lowest BCUT2D eigenvalue weighted by Crippen LogP contribution is -2.55. The number of thioether (sulfide) groups is 1. The SMILES string of the molecule is COC1C(n2cc(-c3nc(Cl)cs3)nn2)[C@@H](O)C(CO)O[C@@H]1Sc1cc(Cl)cnc1-c1ccccn1.